The lowest BCUT2D eigenvalue weighted by molar-refractivity contribution is -0.111. The molecule has 1 aromatic carbocycles. The first-order valence-corrected chi connectivity index (χ1v) is 14.3. The van der Waals surface area contributed by atoms with Crippen molar-refractivity contribution in [2.45, 2.75) is 64.9 Å². The first kappa shape index (κ1) is 28.8. The van der Waals surface area contributed by atoms with Crippen LogP contribution in [0, 0.1) is 6.92 Å². The van der Waals surface area contributed by atoms with Crippen LogP contribution in [-0.2, 0) is 17.9 Å². The van der Waals surface area contributed by atoms with Crippen LogP contribution in [0.25, 0.3) is 17.0 Å². The van der Waals surface area contributed by atoms with Crippen LogP contribution in [0.2, 0.25) is 5.02 Å². The first-order chi connectivity index (χ1) is 18.6. The van der Waals surface area contributed by atoms with Gasteiger partial charge in [0, 0.05) is 35.1 Å². The van der Waals surface area contributed by atoms with Gasteiger partial charge in [-0.2, -0.15) is 0 Å². The standard InChI is InChI=1S/C28H33ClN6O3S/c1-6-7-19(37)14-38-20-8-9-22(29)21(10-20)26-33-25(24(16(3)30)17(4)36)15(2)27(34-26)35-12-18-11-31-28(39-5)32-23(18)13-35/h8-11,19,37H,6-7,12-14,30H2,1-5H3/t19-/m1/s1. The number of rotatable bonds is 10. The quantitative estimate of drug-likeness (QED) is 0.197. The minimum atomic E-state index is -0.565. The van der Waals surface area contributed by atoms with Crippen molar-refractivity contribution >= 4 is 40.5 Å². The van der Waals surface area contributed by atoms with Crippen LogP contribution in [0.3, 0.4) is 0 Å². The number of aromatic nitrogens is 4. The average molecular weight is 569 g/mol. The molecule has 0 saturated heterocycles. The van der Waals surface area contributed by atoms with E-state index < -0.39 is 6.10 Å². The molecule has 1 atom stereocenters. The maximum absolute atomic E-state index is 12.7. The largest absolute Gasteiger partial charge is 0.491 e. The van der Waals surface area contributed by atoms with E-state index >= 15 is 0 Å². The topological polar surface area (TPSA) is 127 Å². The Bertz CT molecular complexity index is 1430. The summed E-state index contributed by atoms with van der Waals surface area (Å²) in [5.41, 5.74) is 10.6. The highest BCUT2D eigenvalue weighted by atomic mass is 35.5. The maximum atomic E-state index is 12.7. The Balaban J connectivity index is 1.82. The van der Waals surface area contributed by atoms with Crippen molar-refractivity contribution in [3.63, 3.8) is 0 Å². The third-order valence-electron chi connectivity index (χ3n) is 6.46. The number of benzene rings is 1. The Morgan fingerprint density at radius 3 is 2.69 bits per heavy atom. The Morgan fingerprint density at radius 1 is 1.26 bits per heavy atom. The fraction of sp³-hybridized carbons (Fsp3) is 0.393. The summed E-state index contributed by atoms with van der Waals surface area (Å²) in [7, 11) is 0. The summed E-state index contributed by atoms with van der Waals surface area (Å²) in [6.07, 6.45) is 4.73. The van der Waals surface area contributed by atoms with Crippen LogP contribution in [0.5, 0.6) is 5.75 Å². The summed E-state index contributed by atoms with van der Waals surface area (Å²) in [5, 5.41) is 11.2. The molecule has 3 aromatic rings. The number of hydrogen-bond donors (Lipinski definition) is 2. The summed E-state index contributed by atoms with van der Waals surface area (Å²) < 4.78 is 5.83. The minimum Gasteiger partial charge on any atom is -0.491 e. The van der Waals surface area contributed by atoms with Crippen LogP contribution in [0.1, 0.15) is 56.1 Å². The van der Waals surface area contributed by atoms with E-state index in [2.05, 4.69) is 14.9 Å². The second-order valence-corrected chi connectivity index (χ2v) is 10.7. The Morgan fingerprint density at radius 2 is 2.03 bits per heavy atom. The molecule has 1 aliphatic rings. The monoisotopic (exact) mass is 568 g/mol. The highest BCUT2D eigenvalue weighted by molar-refractivity contribution is 7.98. The van der Waals surface area contributed by atoms with Gasteiger partial charge in [0.05, 0.1) is 34.6 Å². The molecule has 2 aromatic heterocycles. The van der Waals surface area contributed by atoms with Gasteiger partial charge in [0.2, 0.25) is 0 Å². The third-order valence-corrected chi connectivity index (χ3v) is 7.35. The molecule has 39 heavy (non-hydrogen) atoms. The fourth-order valence-corrected chi connectivity index (χ4v) is 5.13. The second kappa shape index (κ2) is 12.3. The smallest absolute Gasteiger partial charge is 0.187 e. The number of anilines is 1. The predicted molar refractivity (Wildman–Crippen MR) is 155 cm³/mol. The summed E-state index contributed by atoms with van der Waals surface area (Å²) >= 11 is 8.13. The fourth-order valence-electron chi connectivity index (χ4n) is 4.57. The van der Waals surface area contributed by atoms with Gasteiger partial charge in [0.1, 0.15) is 18.2 Å². The second-order valence-electron chi connectivity index (χ2n) is 9.54. The van der Waals surface area contributed by atoms with E-state index in [1.54, 1.807) is 25.1 Å². The molecule has 206 valence electrons. The van der Waals surface area contributed by atoms with Gasteiger partial charge in [-0.3, -0.25) is 4.79 Å². The van der Waals surface area contributed by atoms with Gasteiger partial charge >= 0.3 is 0 Å². The van der Waals surface area contributed by atoms with Crippen molar-refractivity contribution in [1.29, 1.82) is 0 Å². The number of carbonyl (C=O) groups is 1. The molecule has 9 nitrogen and oxygen atoms in total. The lowest BCUT2D eigenvalue weighted by Crippen LogP contribution is -2.20. The molecule has 1 aliphatic heterocycles. The normalized spacial score (nSPS) is 14.2. The number of thioether (sulfide) groups is 1. The molecule has 0 spiro atoms. The Kier molecular flexibility index (Phi) is 9.09. The molecule has 11 heteroatoms. The van der Waals surface area contributed by atoms with Gasteiger partial charge in [-0.25, -0.2) is 19.9 Å². The lowest BCUT2D eigenvalue weighted by Gasteiger charge is -2.22. The van der Waals surface area contributed by atoms with E-state index in [-0.39, 0.29) is 12.4 Å². The lowest BCUT2D eigenvalue weighted by atomic mass is 10.0. The number of aliphatic hydroxyl groups is 1. The SMILES string of the molecule is CCC[C@@H](O)COc1ccc(Cl)c(-c2nc(C(C(C)=O)=C(C)N)c(C)c(N3Cc4cnc(SC)nc4C3)n2)c1. The molecule has 0 fully saturated rings. The number of ether oxygens (including phenoxy) is 1. The summed E-state index contributed by atoms with van der Waals surface area (Å²) in [5.74, 6) is 1.33. The molecule has 0 amide bonds. The van der Waals surface area contributed by atoms with Crippen molar-refractivity contribution < 1.29 is 14.6 Å². The van der Waals surface area contributed by atoms with E-state index in [4.69, 9.17) is 32.0 Å². The van der Waals surface area contributed by atoms with Crippen molar-refractivity contribution in [1.82, 2.24) is 19.9 Å². The van der Waals surface area contributed by atoms with Crippen LogP contribution in [0.15, 0.2) is 35.2 Å². The average Bonchev–Trinajstić information content (AvgIpc) is 3.32. The number of allylic oxidation sites excluding steroid dienone is 2. The zero-order valence-corrected chi connectivity index (χ0v) is 24.4. The van der Waals surface area contributed by atoms with E-state index in [9.17, 15) is 9.90 Å². The van der Waals surface area contributed by atoms with E-state index in [1.807, 2.05) is 26.3 Å². The highest BCUT2D eigenvalue weighted by Gasteiger charge is 2.28. The van der Waals surface area contributed by atoms with Gasteiger partial charge in [0.15, 0.2) is 16.8 Å². The summed E-state index contributed by atoms with van der Waals surface area (Å²) in [6, 6.07) is 5.20. The van der Waals surface area contributed by atoms with E-state index in [0.29, 0.717) is 69.6 Å². The number of aliphatic hydroxyl groups excluding tert-OH is 1. The highest BCUT2D eigenvalue weighted by Crippen LogP contribution is 2.36. The van der Waals surface area contributed by atoms with Crippen molar-refractivity contribution in [2.24, 2.45) is 5.73 Å². The molecular weight excluding hydrogens is 536 g/mol. The molecule has 0 radical (unpaired) electrons. The maximum Gasteiger partial charge on any atom is 0.187 e. The number of halogens is 1. The van der Waals surface area contributed by atoms with Crippen molar-refractivity contribution in [2.75, 3.05) is 17.8 Å². The van der Waals surface area contributed by atoms with E-state index in [1.165, 1.54) is 18.7 Å². The summed E-state index contributed by atoms with van der Waals surface area (Å²) in [6.45, 7) is 8.32. The van der Waals surface area contributed by atoms with Crippen molar-refractivity contribution in [3.8, 4) is 17.1 Å². The number of nitrogens with two attached hydrogens (primary N) is 1. The Labute approximate surface area is 237 Å². The molecule has 3 N–H and O–H groups in total. The molecule has 3 heterocycles. The molecular formula is C28H33ClN6O3S. The van der Waals surface area contributed by atoms with Crippen LogP contribution < -0.4 is 15.4 Å². The number of carbonyl (C=O) groups excluding carboxylic acids is 1. The number of hydrogen-bond acceptors (Lipinski definition) is 10. The van der Waals surface area contributed by atoms with Crippen LogP contribution in [-0.4, -0.2) is 49.8 Å². The summed E-state index contributed by atoms with van der Waals surface area (Å²) in [4.78, 5) is 33.6. The number of nitrogens with zero attached hydrogens (tertiary/aromatic N) is 5. The number of fused-ring (bicyclic) bond motifs is 1. The molecule has 4 rings (SSSR count). The van der Waals surface area contributed by atoms with Gasteiger partial charge in [0.25, 0.3) is 0 Å². The van der Waals surface area contributed by atoms with E-state index in [0.717, 1.165) is 23.2 Å². The van der Waals surface area contributed by atoms with Crippen LogP contribution >= 0.6 is 23.4 Å². The molecule has 0 bridgehead atoms. The van der Waals surface area contributed by atoms with Gasteiger partial charge < -0.3 is 20.5 Å². The first-order valence-electron chi connectivity index (χ1n) is 12.7. The number of ketones is 1. The Hall–Kier alpha value is -3.21. The number of Topliss-reactive ketones (excluding diaryl/α,β-unsaturated/α-hetero) is 1. The zero-order valence-electron chi connectivity index (χ0n) is 22.8. The minimum absolute atomic E-state index is 0.162. The van der Waals surface area contributed by atoms with Gasteiger partial charge in [-0.1, -0.05) is 36.7 Å². The van der Waals surface area contributed by atoms with Crippen molar-refractivity contribution in [3.05, 3.63) is 57.6 Å². The predicted octanol–water partition coefficient (Wildman–Crippen LogP) is 4.96. The van der Waals surface area contributed by atoms with Gasteiger partial charge in [-0.15, -0.1) is 0 Å². The third kappa shape index (κ3) is 6.34. The van der Waals surface area contributed by atoms with Gasteiger partial charge in [-0.05, 0) is 51.6 Å². The molecule has 0 aliphatic carbocycles. The molecule has 0 unspecified atom stereocenters. The molecule has 0 saturated carbocycles. The zero-order chi connectivity index (χ0) is 28.3. The van der Waals surface area contributed by atoms with Crippen LogP contribution in [0.4, 0.5) is 5.82 Å².